The molecule has 120 valence electrons. The fourth-order valence-electron chi connectivity index (χ4n) is 2.23. The first-order chi connectivity index (χ1) is 9.95. The molecule has 0 saturated carbocycles. The van der Waals surface area contributed by atoms with Crippen LogP contribution in [0.5, 0.6) is 0 Å². The third kappa shape index (κ3) is 4.50. The van der Waals surface area contributed by atoms with Gasteiger partial charge in [-0.2, -0.15) is 5.10 Å². The number of rotatable bonds is 8. The molecule has 1 aliphatic rings. The van der Waals surface area contributed by atoms with Gasteiger partial charge in [0.2, 0.25) is 10.0 Å². The number of aromatic nitrogens is 2. The minimum absolute atomic E-state index is 0.200. The maximum absolute atomic E-state index is 12.3. The van der Waals surface area contributed by atoms with E-state index in [1.54, 1.807) is 10.9 Å². The lowest BCUT2D eigenvalue weighted by Crippen LogP contribution is -2.46. The van der Waals surface area contributed by atoms with Crippen molar-refractivity contribution in [2.45, 2.75) is 43.7 Å². The molecule has 0 aliphatic carbocycles. The van der Waals surface area contributed by atoms with Crippen LogP contribution in [0.25, 0.3) is 0 Å². The Hall–Kier alpha value is -0.960. The second-order valence-corrected chi connectivity index (χ2v) is 7.34. The normalized spacial score (nSPS) is 22.8. The predicted molar refractivity (Wildman–Crippen MR) is 79.6 cm³/mol. The van der Waals surface area contributed by atoms with Crippen molar-refractivity contribution in [3.8, 4) is 0 Å². The Morgan fingerprint density at radius 1 is 1.48 bits per heavy atom. The third-order valence-corrected chi connectivity index (χ3v) is 5.06. The van der Waals surface area contributed by atoms with Gasteiger partial charge in [0.1, 0.15) is 4.90 Å². The molecular formula is C13H24N4O3S. The maximum Gasteiger partial charge on any atom is 0.244 e. The van der Waals surface area contributed by atoms with Gasteiger partial charge in [0.15, 0.2) is 0 Å². The first-order valence-electron chi connectivity index (χ1n) is 7.30. The zero-order valence-corrected chi connectivity index (χ0v) is 13.4. The second kappa shape index (κ2) is 6.87. The van der Waals surface area contributed by atoms with Crippen molar-refractivity contribution in [1.82, 2.24) is 19.8 Å². The lowest BCUT2D eigenvalue weighted by atomic mass is 10.0. The highest BCUT2D eigenvalue weighted by Gasteiger charge is 2.35. The molecule has 1 aromatic rings. The van der Waals surface area contributed by atoms with Crippen molar-refractivity contribution in [2.24, 2.45) is 0 Å². The van der Waals surface area contributed by atoms with Crippen molar-refractivity contribution < 1.29 is 13.2 Å². The lowest BCUT2D eigenvalue weighted by Gasteiger charge is -2.22. The highest BCUT2D eigenvalue weighted by molar-refractivity contribution is 7.89. The number of nitrogens with zero attached hydrogens (tertiary/aromatic N) is 2. The van der Waals surface area contributed by atoms with Crippen LogP contribution in [-0.4, -0.2) is 50.0 Å². The Balaban J connectivity index is 1.95. The van der Waals surface area contributed by atoms with Gasteiger partial charge in [0.25, 0.3) is 0 Å². The largest absolute Gasteiger partial charge is 0.379 e. The molecule has 1 unspecified atom stereocenters. The number of hydrogen-bond donors (Lipinski definition) is 2. The monoisotopic (exact) mass is 316 g/mol. The molecule has 0 radical (unpaired) electrons. The highest BCUT2D eigenvalue weighted by atomic mass is 32.2. The quantitative estimate of drug-likeness (QED) is 0.676. The Kier molecular flexibility index (Phi) is 5.37. The number of nitrogens with one attached hydrogen (secondary N) is 2. The molecule has 0 bridgehead atoms. The summed E-state index contributed by atoms with van der Waals surface area (Å²) in [6.07, 6.45) is 4.71. The molecule has 1 saturated heterocycles. The van der Waals surface area contributed by atoms with Crippen molar-refractivity contribution in [3.05, 3.63) is 12.4 Å². The summed E-state index contributed by atoms with van der Waals surface area (Å²) in [7, 11) is -3.55. The molecule has 8 heteroatoms. The molecule has 2 rings (SSSR count). The fourth-order valence-corrected chi connectivity index (χ4v) is 3.61. The zero-order chi connectivity index (χ0) is 15.3. The van der Waals surface area contributed by atoms with E-state index in [-0.39, 0.29) is 4.90 Å². The van der Waals surface area contributed by atoms with Gasteiger partial charge in [0.05, 0.1) is 24.9 Å². The first-order valence-corrected chi connectivity index (χ1v) is 8.78. The molecule has 1 aliphatic heterocycles. The Morgan fingerprint density at radius 2 is 2.29 bits per heavy atom. The van der Waals surface area contributed by atoms with Gasteiger partial charge in [-0.05, 0) is 26.3 Å². The van der Waals surface area contributed by atoms with E-state index in [1.807, 2.05) is 6.92 Å². The molecule has 21 heavy (non-hydrogen) atoms. The van der Waals surface area contributed by atoms with E-state index in [2.05, 4.69) is 22.1 Å². The number of sulfonamides is 1. The van der Waals surface area contributed by atoms with Gasteiger partial charge in [-0.25, -0.2) is 13.1 Å². The maximum atomic E-state index is 12.3. The lowest BCUT2D eigenvalue weighted by molar-refractivity contribution is 0.178. The van der Waals surface area contributed by atoms with Crippen LogP contribution in [0.2, 0.25) is 0 Å². The summed E-state index contributed by atoms with van der Waals surface area (Å²) in [5, 5.41) is 7.36. The summed E-state index contributed by atoms with van der Waals surface area (Å²) in [5.74, 6) is 0. The average Bonchev–Trinajstić information content (AvgIpc) is 3.04. The van der Waals surface area contributed by atoms with E-state index in [0.29, 0.717) is 26.2 Å². The van der Waals surface area contributed by atoms with Crippen molar-refractivity contribution in [3.63, 3.8) is 0 Å². The third-order valence-electron chi connectivity index (χ3n) is 3.46. The Bertz CT molecular complexity index is 550. The molecule has 7 nitrogen and oxygen atoms in total. The Labute approximate surface area is 126 Å². The fraction of sp³-hybridized carbons (Fsp3) is 0.769. The van der Waals surface area contributed by atoms with Crippen LogP contribution in [0, 0.1) is 0 Å². The molecule has 1 fully saturated rings. The van der Waals surface area contributed by atoms with Crippen LogP contribution < -0.4 is 10.0 Å². The highest BCUT2D eigenvalue weighted by Crippen LogP contribution is 2.21. The van der Waals surface area contributed by atoms with Crippen LogP contribution >= 0.6 is 0 Å². The second-order valence-electron chi connectivity index (χ2n) is 5.66. The molecule has 2 heterocycles. The minimum Gasteiger partial charge on any atom is -0.379 e. The summed E-state index contributed by atoms with van der Waals surface area (Å²) < 4.78 is 34.3. The van der Waals surface area contributed by atoms with Crippen LogP contribution in [0.4, 0.5) is 0 Å². The van der Waals surface area contributed by atoms with Crippen molar-refractivity contribution in [1.29, 1.82) is 0 Å². The SMILES string of the molecule is CCCNCCn1cc(S(=O)(=O)NC2(C)CCOC2)cn1. The summed E-state index contributed by atoms with van der Waals surface area (Å²) in [4.78, 5) is 0.200. The topological polar surface area (TPSA) is 85.2 Å². The van der Waals surface area contributed by atoms with Gasteiger partial charge >= 0.3 is 0 Å². The summed E-state index contributed by atoms with van der Waals surface area (Å²) >= 11 is 0. The smallest absolute Gasteiger partial charge is 0.244 e. The van der Waals surface area contributed by atoms with Gasteiger partial charge in [-0.15, -0.1) is 0 Å². The molecule has 1 atom stereocenters. The summed E-state index contributed by atoms with van der Waals surface area (Å²) in [5.41, 5.74) is -0.524. The predicted octanol–water partition coefficient (Wildman–Crippen LogP) is 0.340. The Morgan fingerprint density at radius 3 is 2.95 bits per heavy atom. The summed E-state index contributed by atoms with van der Waals surface area (Å²) in [6, 6.07) is 0. The van der Waals surface area contributed by atoms with E-state index < -0.39 is 15.6 Å². The van der Waals surface area contributed by atoms with Crippen LogP contribution in [-0.2, 0) is 21.3 Å². The van der Waals surface area contributed by atoms with E-state index in [0.717, 1.165) is 19.5 Å². The van der Waals surface area contributed by atoms with E-state index in [1.165, 1.54) is 6.20 Å². The van der Waals surface area contributed by atoms with Crippen molar-refractivity contribution in [2.75, 3.05) is 26.3 Å². The molecule has 0 aromatic carbocycles. The van der Waals surface area contributed by atoms with E-state index >= 15 is 0 Å². The zero-order valence-electron chi connectivity index (χ0n) is 12.6. The minimum atomic E-state index is -3.55. The van der Waals surface area contributed by atoms with Crippen LogP contribution in [0.15, 0.2) is 17.3 Å². The van der Waals surface area contributed by atoms with Gasteiger partial charge in [0, 0.05) is 19.3 Å². The first kappa shape index (κ1) is 16.4. The summed E-state index contributed by atoms with van der Waals surface area (Å²) in [6.45, 7) is 7.32. The van der Waals surface area contributed by atoms with Gasteiger partial charge < -0.3 is 10.1 Å². The van der Waals surface area contributed by atoms with Crippen LogP contribution in [0.3, 0.4) is 0 Å². The number of ether oxygens (including phenoxy) is 1. The number of hydrogen-bond acceptors (Lipinski definition) is 5. The molecule has 1 aromatic heterocycles. The molecule has 0 amide bonds. The molecular weight excluding hydrogens is 292 g/mol. The van der Waals surface area contributed by atoms with E-state index in [4.69, 9.17) is 4.74 Å². The molecule has 2 N–H and O–H groups in total. The van der Waals surface area contributed by atoms with Crippen LogP contribution in [0.1, 0.15) is 26.7 Å². The van der Waals surface area contributed by atoms with Gasteiger partial charge in [-0.1, -0.05) is 6.92 Å². The van der Waals surface area contributed by atoms with Gasteiger partial charge in [-0.3, -0.25) is 4.68 Å². The molecule has 0 spiro atoms. The van der Waals surface area contributed by atoms with Crippen molar-refractivity contribution >= 4 is 10.0 Å². The standard InChI is InChI=1S/C13H24N4O3S/c1-3-5-14-6-7-17-10-12(9-15-17)21(18,19)16-13(2)4-8-20-11-13/h9-10,14,16H,3-8,11H2,1-2H3. The van der Waals surface area contributed by atoms with E-state index in [9.17, 15) is 8.42 Å². The average molecular weight is 316 g/mol.